The molecule has 1 amide bonds. The number of carbonyl (C=O) groups excluding carboxylic acids is 1. The Hall–Kier alpha value is -2.53. The molecule has 4 aromatic carbocycles. The molecular weight excluding hydrogens is 603 g/mol. The zero-order chi connectivity index (χ0) is 29.4. The molecule has 0 radical (unpaired) electrons. The maximum atomic E-state index is 13.3. The summed E-state index contributed by atoms with van der Waals surface area (Å²) in [5, 5.41) is 0.0934. The molecule has 1 unspecified atom stereocenters. The fourth-order valence-corrected chi connectivity index (χ4v) is 8.20. The first-order valence-electron chi connectivity index (χ1n) is 12.1. The topological polar surface area (TPSA) is 183 Å². The van der Waals surface area contributed by atoms with Crippen molar-refractivity contribution in [3.63, 3.8) is 0 Å². The van der Waals surface area contributed by atoms with E-state index in [2.05, 4.69) is 12.6 Å². The Balaban J connectivity index is 1.80. The Kier molecular flexibility index (Phi) is 7.09. The molecule has 0 spiro atoms. The summed E-state index contributed by atoms with van der Waals surface area (Å²) in [4.78, 5) is 12.8. The number of piperidine rings is 1. The normalized spacial score (nSPS) is 16.8. The Morgan fingerprint density at radius 2 is 1.20 bits per heavy atom. The van der Waals surface area contributed by atoms with Gasteiger partial charge < -0.3 is 4.90 Å². The zero-order valence-corrected chi connectivity index (χ0v) is 24.3. The average molecular weight is 628 g/mol. The summed E-state index contributed by atoms with van der Waals surface area (Å²) in [5.41, 5.74) is 0.204. The third-order valence-corrected chi connectivity index (χ3v) is 10.7. The summed E-state index contributed by atoms with van der Waals surface area (Å²) in [6.07, 6.45) is 1.25. The highest BCUT2D eigenvalue weighted by molar-refractivity contribution is 7.87. The lowest BCUT2D eigenvalue weighted by atomic mass is 9.90. The van der Waals surface area contributed by atoms with Crippen molar-refractivity contribution >= 4 is 81.2 Å². The van der Waals surface area contributed by atoms with E-state index in [9.17, 15) is 43.7 Å². The summed E-state index contributed by atoms with van der Waals surface area (Å²) in [6, 6.07) is 6.94. The van der Waals surface area contributed by atoms with Crippen molar-refractivity contribution in [1.82, 2.24) is 4.90 Å². The van der Waals surface area contributed by atoms with E-state index in [1.165, 1.54) is 30.3 Å². The van der Waals surface area contributed by atoms with Gasteiger partial charge in [-0.25, -0.2) is 0 Å². The first-order valence-corrected chi connectivity index (χ1v) is 17.0. The molecule has 1 aliphatic heterocycles. The fourth-order valence-electron chi connectivity index (χ4n) is 5.66. The molecule has 0 bridgehead atoms. The van der Waals surface area contributed by atoms with E-state index in [0.29, 0.717) is 30.5 Å². The number of thiol groups is 1. The number of amides is 1. The maximum absolute atomic E-state index is 13.3. The van der Waals surface area contributed by atoms with Crippen molar-refractivity contribution in [3.05, 3.63) is 42.0 Å². The Labute approximate surface area is 236 Å². The first kappa shape index (κ1) is 29.0. The predicted molar refractivity (Wildman–Crippen MR) is 151 cm³/mol. The zero-order valence-electron chi connectivity index (χ0n) is 21.0. The molecule has 214 valence electrons. The van der Waals surface area contributed by atoms with E-state index in [-0.39, 0.29) is 50.1 Å². The van der Waals surface area contributed by atoms with Crippen molar-refractivity contribution in [1.29, 1.82) is 0 Å². The Bertz CT molecular complexity index is 1960. The van der Waals surface area contributed by atoms with Crippen LogP contribution in [0.4, 0.5) is 0 Å². The van der Waals surface area contributed by atoms with Gasteiger partial charge in [-0.2, -0.15) is 37.9 Å². The minimum absolute atomic E-state index is 0.0472. The van der Waals surface area contributed by atoms with Crippen molar-refractivity contribution in [2.75, 3.05) is 13.1 Å². The third-order valence-electron chi connectivity index (χ3n) is 7.62. The number of nitrogens with zero attached hydrogens (tertiary/aromatic N) is 1. The Morgan fingerprint density at radius 1 is 0.800 bits per heavy atom. The van der Waals surface area contributed by atoms with E-state index >= 15 is 0 Å². The summed E-state index contributed by atoms with van der Waals surface area (Å²) < 4.78 is 104. The van der Waals surface area contributed by atoms with Crippen LogP contribution in [0.1, 0.15) is 25.3 Å². The van der Waals surface area contributed by atoms with E-state index in [1.54, 1.807) is 4.90 Å². The SMILES string of the molecule is CC(S)C1CCN(C(=O)Cc2cc(S(=O)(=O)O)c3ccc4c(S(=O)(=O)O)cc(S(=O)(=O)O)c5ccc2c3c54)CC1. The van der Waals surface area contributed by atoms with Gasteiger partial charge in [-0.15, -0.1) is 0 Å². The van der Waals surface area contributed by atoms with Gasteiger partial charge in [-0.3, -0.25) is 18.5 Å². The smallest absolute Gasteiger partial charge is 0.295 e. The van der Waals surface area contributed by atoms with Gasteiger partial charge in [0.25, 0.3) is 30.4 Å². The molecule has 0 saturated carbocycles. The second-order valence-corrected chi connectivity index (χ2v) is 15.0. The van der Waals surface area contributed by atoms with Gasteiger partial charge in [0, 0.05) is 39.9 Å². The van der Waals surface area contributed by atoms with Crippen LogP contribution in [0, 0.1) is 5.92 Å². The van der Waals surface area contributed by atoms with Crippen LogP contribution in [0.2, 0.25) is 0 Å². The molecule has 5 rings (SSSR count). The maximum Gasteiger partial charge on any atom is 0.295 e. The van der Waals surface area contributed by atoms with Crippen molar-refractivity contribution in [2.45, 2.75) is 46.1 Å². The third kappa shape index (κ3) is 5.04. The van der Waals surface area contributed by atoms with Crippen molar-refractivity contribution in [2.24, 2.45) is 5.92 Å². The summed E-state index contributed by atoms with van der Waals surface area (Å²) >= 11 is 4.49. The summed E-state index contributed by atoms with van der Waals surface area (Å²) in [7, 11) is -14.9. The minimum Gasteiger partial charge on any atom is -0.342 e. The number of hydrogen-bond donors (Lipinski definition) is 4. The quantitative estimate of drug-likeness (QED) is 0.140. The van der Waals surface area contributed by atoms with Gasteiger partial charge in [0.1, 0.15) is 14.7 Å². The molecule has 0 aromatic heterocycles. The second kappa shape index (κ2) is 9.79. The van der Waals surface area contributed by atoms with Gasteiger partial charge in [-0.1, -0.05) is 31.2 Å². The van der Waals surface area contributed by atoms with Crippen LogP contribution in [0.3, 0.4) is 0 Å². The lowest BCUT2D eigenvalue weighted by molar-refractivity contribution is -0.131. The predicted octanol–water partition coefficient (Wildman–Crippen LogP) is 3.42. The van der Waals surface area contributed by atoms with Gasteiger partial charge >= 0.3 is 0 Å². The molecule has 1 saturated heterocycles. The summed E-state index contributed by atoms with van der Waals surface area (Å²) in [6.45, 7) is 2.97. The molecule has 4 aromatic rings. The van der Waals surface area contributed by atoms with Crippen LogP contribution < -0.4 is 0 Å². The molecule has 11 nitrogen and oxygen atoms in total. The highest BCUT2D eigenvalue weighted by atomic mass is 32.2. The number of carbonyl (C=O) groups is 1. The van der Waals surface area contributed by atoms with Crippen LogP contribution in [0.25, 0.3) is 32.3 Å². The summed E-state index contributed by atoms with van der Waals surface area (Å²) in [5.74, 6) is 0.0564. The number of benzene rings is 4. The van der Waals surface area contributed by atoms with Crippen molar-refractivity contribution in [3.8, 4) is 0 Å². The monoisotopic (exact) mass is 627 g/mol. The van der Waals surface area contributed by atoms with Crippen LogP contribution in [-0.4, -0.2) is 68.1 Å². The number of likely N-dealkylation sites (tertiary alicyclic amines) is 1. The van der Waals surface area contributed by atoms with E-state index < -0.39 is 45.0 Å². The highest BCUT2D eigenvalue weighted by Gasteiger charge is 2.30. The molecule has 1 atom stereocenters. The molecule has 3 N–H and O–H groups in total. The minimum atomic E-state index is -5.01. The van der Waals surface area contributed by atoms with Crippen LogP contribution in [0.5, 0.6) is 0 Å². The molecule has 15 heteroatoms. The van der Waals surface area contributed by atoms with Crippen LogP contribution in [-0.2, 0) is 41.6 Å². The van der Waals surface area contributed by atoms with E-state index in [1.807, 2.05) is 6.92 Å². The van der Waals surface area contributed by atoms with Gasteiger partial charge in [0.15, 0.2) is 0 Å². The standard InChI is InChI=1S/C25H25NO10S4/c1-13(37)14-6-8-26(9-7-14)23(27)11-15-10-20(38(28,29)30)17-4-5-19-22(40(34,35)36)12-21(39(31,32)33)18-3-2-16(15)24(17)25(18)19/h2-5,10,12-14,37H,6-9,11H2,1H3,(H,28,29,30)(H,31,32,33)(H,34,35,36). The van der Waals surface area contributed by atoms with Crippen molar-refractivity contribution < 1.29 is 43.7 Å². The molecular formula is C25H25NO10S4. The molecule has 1 aliphatic rings. The number of rotatable bonds is 6. The van der Waals surface area contributed by atoms with Crippen LogP contribution in [0.15, 0.2) is 51.1 Å². The molecule has 40 heavy (non-hydrogen) atoms. The van der Waals surface area contributed by atoms with Gasteiger partial charge in [0.05, 0.1) is 6.42 Å². The largest absolute Gasteiger partial charge is 0.342 e. The molecule has 1 heterocycles. The average Bonchev–Trinajstić information content (AvgIpc) is 2.85. The fraction of sp³-hybridized carbons (Fsp3) is 0.320. The molecule has 1 fully saturated rings. The second-order valence-electron chi connectivity index (χ2n) is 10.0. The number of hydrogen-bond acceptors (Lipinski definition) is 8. The van der Waals surface area contributed by atoms with E-state index in [0.717, 1.165) is 12.8 Å². The highest BCUT2D eigenvalue weighted by Crippen LogP contribution is 2.43. The molecule has 0 aliphatic carbocycles. The lowest BCUT2D eigenvalue weighted by Crippen LogP contribution is -2.40. The van der Waals surface area contributed by atoms with Crippen LogP contribution >= 0.6 is 12.6 Å². The lowest BCUT2D eigenvalue weighted by Gasteiger charge is -2.33. The van der Waals surface area contributed by atoms with E-state index in [4.69, 9.17) is 0 Å². The first-order chi connectivity index (χ1) is 18.5. The Morgan fingerprint density at radius 3 is 1.62 bits per heavy atom. The van der Waals surface area contributed by atoms with Gasteiger partial charge in [0.2, 0.25) is 5.91 Å². The van der Waals surface area contributed by atoms with Gasteiger partial charge in [-0.05, 0) is 47.2 Å².